The highest BCUT2D eigenvalue weighted by molar-refractivity contribution is 7.89. The van der Waals surface area contributed by atoms with Gasteiger partial charge in [0.15, 0.2) is 0 Å². The van der Waals surface area contributed by atoms with Gasteiger partial charge in [0.25, 0.3) is 0 Å². The quantitative estimate of drug-likeness (QED) is 0.658. The fourth-order valence-electron chi connectivity index (χ4n) is 2.73. The Morgan fingerprint density at radius 1 is 1.22 bits per heavy atom. The summed E-state index contributed by atoms with van der Waals surface area (Å²) in [6.07, 6.45) is 0. The predicted molar refractivity (Wildman–Crippen MR) is 114 cm³/mol. The van der Waals surface area contributed by atoms with Crippen LogP contribution in [0.15, 0.2) is 24.3 Å². The van der Waals surface area contributed by atoms with Gasteiger partial charge < -0.3 is 16.0 Å². The number of nitrogens with one attached hydrogen (secondary N) is 1. The first-order valence-electron chi connectivity index (χ1n) is 8.58. The number of hydrogen-bond acceptors (Lipinski definition) is 5. The van der Waals surface area contributed by atoms with Crippen LogP contribution in [0, 0.1) is 12.8 Å². The fourth-order valence-corrected chi connectivity index (χ4v) is 4.06. The highest BCUT2D eigenvalue weighted by Gasteiger charge is 2.29. The fraction of sp³-hybridized carbons (Fsp3) is 0.588. The number of sulfonamides is 1. The minimum absolute atomic E-state index is 0. The van der Waals surface area contributed by atoms with E-state index in [-0.39, 0.29) is 30.7 Å². The Morgan fingerprint density at radius 3 is 2.41 bits per heavy atom. The van der Waals surface area contributed by atoms with Gasteiger partial charge in [0.2, 0.25) is 15.9 Å². The van der Waals surface area contributed by atoms with E-state index in [1.54, 1.807) is 0 Å². The van der Waals surface area contributed by atoms with E-state index in [4.69, 9.17) is 5.73 Å². The number of benzene rings is 1. The molecule has 1 unspecified atom stereocenters. The summed E-state index contributed by atoms with van der Waals surface area (Å²) in [5, 5.41) is 2.63. The third kappa shape index (κ3) is 7.83. The summed E-state index contributed by atoms with van der Waals surface area (Å²) in [6, 6.07) is 8.16. The third-order valence-corrected chi connectivity index (χ3v) is 6.14. The monoisotopic (exact) mass is 440 g/mol. The second-order valence-electron chi connectivity index (χ2n) is 6.63. The molecule has 1 amide bonds. The number of amides is 1. The summed E-state index contributed by atoms with van der Waals surface area (Å²) in [5.41, 5.74) is 7.77. The van der Waals surface area contributed by atoms with Gasteiger partial charge in [0.1, 0.15) is 5.75 Å². The zero-order valence-corrected chi connectivity index (χ0v) is 18.2. The number of rotatable bonds is 7. The van der Waals surface area contributed by atoms with E-state index < -0.39 is 21.7 Å². The Balaban J connectivity index is 0.00000338. The Morgan fingerprint density at radius 2 is 1.85 bits per heavy atom. The van der Waals surface area contributed by atoms with Gasteiger partial charge in [-0.15, -0.1) is 24.8 Å². The summed E-state index contributed by atoms with van der Waals surface area (Å²) < 4.78 is 26.3. The molecule has 1 saturated heterocycles. The average Bonchev–Trinajstić information content (AvgIpc) is 2.59. The molecule has 2 rings (SSSR count). The van der Waals surface area contributed by atoms with E-state index in [1.807, 2.05) is 32.0 Å². The molecule has 27 heavy (non-hydrogen) atoms. The number of carbonyl (C=O) groups excluding carboxylic acids is 1. The van der Waals surface area contributed by atoms with Crippen LogP contribution >= 0.6 is 24.8 Å². The van der Waals surface area contributed by atoms with Gasteiger partial charge in [0, 0.05) is 38.4 Å². The van der Waals surface area contributed by atoms with Gasteiger partial charge in [0.05, 0.1) is 0 Å². The average molecular weight is 441 g/mol. The number of aryl methyl sites for hydroxylation is 1. The van der Waals surface area contributed by atoms with E-state index in [0.29, 0.717) is 39.3 Å². The molecule has 156 valence electrons. The van der Waals surface area contributed by atoms with Crippen LogP contribution in [-0.2, 0) is 14.8 Å². The summed E-state index contributed by atoms with van der Waals surface area (Å²) in [6.45, 7) is 6.81. The lowest BCUT2D eigenvalue weighted by molar-refractivity contribution is -0.118. The maximum atomic E-state index is 12.4. The van der Waals surface area contributed by atoms with Crippen LogP contribution in [0.25, 0.3) is 0 Å². The van der Waals surface area contributed by atoms with E-state index in [2.05, 4.69) is 16.3 Å². The normalized spacial score (nSPS) is 16.0. The molecule has 0 aliphatic carbocycles. The standard InChI is InChI=1S/C17H28N4O3S.2ClH/c1-14-4-3-5-16(10-14)20-6-8-21(9-7-20)25(23,24)13-17(22)19-12-15(2)11-18;;/h3-5,10,15H,6-9,11-13,18H2,1-2H3,(H,19,22);2*1H. The number of halogens is 2. The summed E-state index contributed by atoms with van der Waals surface area (Å²) >= 11 is 0. The number of nitrogens with two attached hydrogens (primary N) is 1. The molecule has 3 N–H and O–H groups in total. The zero-order valence-electron chi connectivity index (χ0n) is 15.8. The van der Waals surface area contributed by atoms with Crippen molar-refractivity contribution in [2.24, 2.45) is 11.7 Å². The highest BCUT2D eigenvalue weighted by atomic mass is 35.5. The highest BCUT2D eigenvalue weighted by Crippen LogP contribution is 2.19. The van der Waals surface area contributed by atoms with Crippen molar-refractivity contribution in [1.29, 1.82) is 0 Å². The molecule has 0 bridgehead atoms. The van der Waals surface area contributed by atoms with E-state index in [9.17, 15) is 13.2 Å². The van der Waals surface area contributed by atoms with Crippen molar-refractivity contribution in [1.82, 2.24) is 9.62 Å². The lowest BCUT2D eigenvalue weighted by Gasteiger charge is -2.35. The van der Waals surface area contributed by atoms with Crippen molar-refractivity contribution >= 4 is 46.4 Å². The van der Waals surface area contributed by atoms with Gasteiger partial charge in [-0.1, -0.05) is 19.1 Å². The SMILES string of the molecule is Cc1cccc(N2CCN(S(=O)(=O)CC(=O)NCC(C)CN)CC2)c1.Cl.Cl. The van der Waals surface area contributed by atoms with Crippen LogP contribution in [0.2, 0.25) is 0 Å². The molecule has 0 aromatic heterocycles. The topological polar surface area (TPSA) is 95.7 Å². The third-order valence-electron chi connectivity index (χ3n) is 4.36. The lowest BCUT2D eigenvalue weighted by atomic mass is 10.2. The molecular formula is C17H30Cl2N4O3S. The number of carbonyl (C=O) groups is 1. The van der Waals surface area contributed by atoms with Crippen molar-refractivity contribution in [3.05, 3.63) is 29.8 Å². The first kappa shape index (κ1) is 25.9. The van der Waals surface area contributed by atoms with Crippen molar-refractivity contribution in [2.45, 2.75) is 13.8 Å². The van der Waals surface area contributed by atoms with Gasteiger partial charge in [-0.05, 0) is 37.1 Å². The summed E-state index contributed by atoms with van der Waals surface area (Å²) in [4.78, 5) is 14.0. The van der Waals surface area contributed by atoms with Crippen molar-refractivity contribution in [3.8, 4) is 0 Å². The second kappa shape index (κ2) is 11.7. The lowest BCUT2D eigenvalue weighted by Crippen LogP contribution is -2.50. The van der Waals surface area contributed by atoms with Crippen LogP contribution < -0.4 is 16.0 Å². The number of anilines is 1. The van der Waals surface area contributed by atoms with Gasteiger partial charge in [-0.25, -0.2) is 8.42 Å². The molecule has 1 aromatic rings. The number of nitrogens with zero attached hydrogens (tertiary/aromatic N) is 2. The molecule has 7 nitrogen and oxygen atoms in total. The molecule has 1 aliphatic heterocycles. The molecule has 1 atom stereocenters. The van der Waals surface area contributed by atoms with Crippen molar-refractivity contribution in [3.63, 3.8) is 0 Å². The van der Waals surface area contributed by atoms with Crippen molar-refractivity contribution in [2.75, 3.05) is 49.9 Å². The van der Waals surface area contributed by atoms with E-state index in [0.717, 1.165) is 5.69 Å². The number of hydrogen-bond donors (Lipinski definition) is 2. The number of piperazine rings is 1. The van der Waals surface area contributed by atoms with E-state index >= 15 is 0 Å². The summed E-state index contributed by atoms with van der Waals surface area (Å²) in [5.74, 6) is -0.847. The maximum absolute atomic E-state index is 12.4. The largest absolute Gasteiger partial charge is 0.369 e. The zero-order chi connectivity index (χ0) is 18.4. The second-order valence-corrected chi connectivity index (χ2v) is 8.60. The van der Waals surface area contributed by atoms with E-state index in [1.165, 1.54) is 9.87 Å². The maximum Gasteiger partial charge on any atom is 0.236 e. The molecule has 0 spiro atoms. The molecule has 1 aromatic carbocycles. The Hall–Kier alpha value is -1.06. The summed E-state index contributed by atoms with van der Waals surface area (Å²) in [7, 11) is -3.59. The molecule has 1 heterocycles. The van der Waals surface area contributed by atoms with Gasteiger partial charge >= 0.3 is 0 Å². The molecule has 1 aliphatic rings. The Kier molecular flexibility index (Phi) is 11.2. The van der Waals surface area contributed by atoms with Crippen LogP contribution in [0.3, 0.4) is 0 Å². The van der Waals surface area contributed by atoms with Crippen molar-refractivity contribution < 1.29 is 13.2 Å². The smallest absolute Gasteiger partial charge is 0.236 e. The molecule has 0 radical (unpaired) electrons. The van der Waals surface area contributed by atoms with Crippen LogP contribution in [0.1, 0.15) is 12.5 Å². The van der Waals surface area contributed by atoms with Crippen LogP contribution in [0.4, 0.5) is 5.69 Å². The first-order chi connectivity index (χ1) is 11.8. The molecule has 1 fully saturated rings. The Labute approximate surface area is 174 Å². The predicted octanol–water partition coefficient (Wildman–Crippen LogP) is 1.00. The first-order valence-corrected chi connectivity index (χ1v) is 10.2. The molecular weight excluding hydrogens is 411 g/mol. The molecule has 0 saturated carbocycles. The molecule has 10 heteroatoms. The van der Waals surface area contributed by atoms with Crippen LogP contribution in [-0.4, -0.2) is 63.7 Å². The Bertz CT molecular complexity index is 695. The van der Waals surface area contributed by atoms with Gasteiger partial charge in [-0.2, -0.15) is 4.31 Å². The van der Waals surface area contributed by atoms with Crippen LogP contribution in [0.5, 0.6) is 0 Å². The minimum Gasteiger partial charge on any atom is -0.369 e. The van der Waals surface area contributed by atoms with Gasteiger partial charge in [-0.3, -0.25) is 4.79 Å². The minimum atomic E-state index is -3.59.